The minimum atomic E-state index is 0.0667. The molecule has 0 unspecified atom stereocenters. The first-order valence-electron chi connectivity index (χ1n) is 4.86. The van der Waals surface area contributed by atoms with Crippen LogP contribution in [0.5, 0.6) is 0 Å². The Morgan fingerprint density at radius 2 is 2.20 bits per heavy atom. The Balaban J connectivity index is 2.08. The molecule has 1 heterocycles. The molecular formula is C11H12BrNO2. The van der Waals surface area contributed by atoms with E-state index in [4.69, 9.17) is 4.74 Å². The van der Waals surface area contributed by atoms with Gasteiger partial charge in [-0.05, 0) is 11.6 Å². The van der Waals surface area contributed by atoms with Gasteiger partial charge in [-0.3, -0.25) is 4.79 Å². The summed E-state index contributed by atoms with van der Waals surface area (Å²) in [5.41, 5.74) is 1.13. The predicted octanol–water partition coefficient (Wildman–Crippen LogP) is 1.81. The smallest absolute Gasteiger partial charge is 0.248 e. The molecule has 1 saturated heterocycles. The fraction of sp³-hybridized carbons (Fsp3) is 0.364. The average Bonchev–Trinajstić information content (AvgIpc) is 2.24. The molecule has 1 amide bonds. The highest BCUT2D eigenvalue weighted by Gasteiger charge is 2.18. The fourth-order valence-corrected chi connectivity index (χ4v) is 1.96. The van der Waals surface area contributed by atoms with Gasteiger partial charge in [-0.25, -0.2) is 0 Å². The highest BCUT2D eigenvalue weighted by atomic mass is 79.9. The number of hydrogen-bond acceptors (Lipinski definition) is 2. The Labute approximate surface area is 97.2 Å². The molecule has 0 bridgehead atoms. The summed E-state index contributed by atoms with van der Waals surface area (Å²) in [5, 5.41) is 0. The topological polar surface area (TPSA) is 29.5 Å². The third-order valence-corrected chi connectivity index (χ3v) is 3.18. The van der Waals surface area contributed by atoms with Crippen LogP contribution in [0.2, 0.25) is 0 Å². The van der Waals surface area contributed by atoms with E-state index < -0.39 is 0 Å². The first kappa shape index (κ1) is 10.6. The van der Waals surface area contributed by atoms with Crippen LogP contribution < -0.4 is 0 Å². The van der Waals surface area contributed by atoms with Crippen LogP contribution >= 0.6 is 15.9 Å². The van der Waals surface area contributed by atoms with E-state index in [2.05, 4.69) is 15.9 Å². The van der Waals surface area contributed by atoms with E-state index in [1.807, 2.05) is 29.2 Å². The summed E-state index contributed by atoms with van der Waals surface area (Å²) in [6.07, 6.45) is 0. The molecule has 3 nitrogen and oxygen atoms in total. The standard InChI is InChI=1S/C11H12BrNO2/c12-10-4-2-1-3-9(10)7-13-5-6-15-8-11(13)14/h1-4H,5-8H2. The number of ether oxygens (including phenoxy) is 1. The van der Waals surface area contributed by atoms with E-state index in [9.17, 15) is 4.79 Å². The lowest BCUT2D eigenvalue weighted by molar-refractivity contribution is -0.143. The van der Waals surface area contributed by atoms with Crippen molar-refractivity contribution in [3.8, 4) is 0 Å². The molecule has 1 aromatic carbocycles. The van der Waals surface area contributed by atoms with Crippen LogP contribution in [0.15, 0.2) is 28.7 Å². The van der Waals surface area contributed by atoms with Crippen molar-refractivity contribution >= 4 is 21.8 Å². The lowest BCUT2D eigenvalue weighted by Crippen LogP contribution is -2.40. The van der Waals surface area contributed by atoms with E-state index in [1.54, 1.807) is 0 Å². The van der Waals surface area contributed by atoms with Gasteiger partial charge in [0.1, 0.15) is 6.61 Å². The Morgan fingerprint density at radius 3 is 2.93 bits per heavy atom. The van der Waals surface area contributed by atoms with Crippen molar-refractivity contribution in [1.82, 2.24) is 4.90 Å². The second-order valence-electron chi connectivity index (χ2n) is 3.46. The van der Waals surface area contributed by atoms with E-state index in [1.165, 1.54) is 0 Å². The van der Waals surface area contributed by atoms with Gasteiger partial charge in [0, 0.05) is 17.6 Å². The van der Waals surface area contributed by atoms with Gasteiger partial charge in [-0.2, -0.15) is 0 Å². The van der Waals surface area contributed by atoms with Crippen molar-refractivity contribution in [3.63, 3.8) is 0 Å². The summed E-state index contributed by atoms with van der Waals surface area (Å²) in [7, 11) is 0. The van der Waals surface area contributed by atoms with Gasteiger partial charge in [0.25, 0.3) is 0 Å². The van der Waals surface area contributed by atoms with Gasteiger partial charge in [-0.15, -0.1) is 0 Å². The van der Waals surface area contributed by atoms with Crippen molar-refractivity contribution in [2.75, 3.05) is 19.8 Å². The molecule has 0 spiro atoms. The Kier molecular flexibility index (Phi) is 3.38. The number of carbonyl (C=O) groups excluding carboxylic acids is 1. The third kappa shape index (κ3) is 2.58. The van der Waals surface area contributed by atoms with Crippen LogP contribution in [-0.2, 0) is 16.1 Å². The number of amides is 1. The quantitative estimate of drug-likeness (QED) is 0.820. The average molecular weight is 270 g/mol. The molecule has 0 aliphatic carbocycles. The second-order valence-corrected chi connectivity index (χ2v) is 4.31. The number of halogens is 1. The summed E-state index contributed by atoms with van der Waals surface area (Å²) in [6, 6.07) is 7.95. The highest BCUT2D eigenvalue weighted by molar-refractivity contribution is 9.10. The summed E-state index contributed by atoms with van der Waals surface area (Å²) in [5.74, 6) is 0.0667. The SMILES string of the molecule is O=C1COCCN1Cc1ccccc1Br. The number of rotatable bonds is 2. The minimum absolute atomic E-state index is 0.0667. The van der Waals surface area contributed by atoms with Crippen LogP contribution in [0.4, 0.5) is 0 Å². The van der Waals surface area contributed by atoms with Crippen LogP contribution in [0, 0.1) is 0 Å². The largest absolute Gasteiger partial charge is 0.370 e. The highest BCUT2D eigenvalue weighted by Crippen LogP contribution is 2.18. The summed E-state index contributed by atoms with van der Waals surface area (Å²) < 4.78 is 6.12. The lowest BCUT2D eigenvalue weighted by atomic mass is 10.2. The Morgan fingerprint density at radius 1 is 1.40 bits per heavy atom. The van der Waals surface area contributed by atoms with E-state index in [-0.39, 0.29) is 12.5 Å². The normalized spacial score (nSPS) is 16.9. The van der Waals surface area contributed by atoms with Crippen molar-refractivity contribution in [2.24, 2.45) is 0 Å². The molecule has 0 aromatic heterocycles. The number of carbonyl (C=O) groups is 1. The fourth-order valence-electron chi connectivity index (χ4n) is 1.55. The van der Waals surface area contributed by atoms with Gasteiger partial charge < -0.3 is 9.64 Å². The van der Waals surface area contributed by atoms with Crippen LogP contribution in [-0.4, -0.2) is 30.6 Å². The Hall–Kier alpha value is -0.870. The van der Waals surface area contributed by atoms with Gasteiger partial charge in [0.15, 0.2) is 0 Å². The van der Waals surface area contributed by atoms with Crippen LogP contribution in [0.3, 0.4) is 0 Å². The molecule has 0 saturated carbocycles. The molecule has 0 N–H and O–H groups in total. The van der Waals surface area contributed by atoms with Crippen LogP contribution in [0.25, 0.3) is 0 Å². The maximum atomic E-state index is 11.5. The Bertz CT molecular complexity index is 367. The first-order valence-corrected chi connectivity index (χ1v) is 5.65. The monoisotopic (exact) mass is 269 g/mol. The number of benzene rings is 1. The molecule has 0 atom stereocenters. The zero-order valence-corrected chi connectivity index (χ0v) is 9.87. The molecule has 1 fully saturated rings. The summed E-state index contributed by atoms with van der Waals surface area (Å²) >= 11 is 3.47. The molecule has 1 aliphatic heterocycles. The van der Waals surface area contributed by atoms with Crippen molar-refractivity contribution in [3.05, 3.63) is 34.3 Å². The van der Waals surface area contributed by atoms with Crippen molar-refractivity contribution in [1.29, 1.82) is 0 Å². The minimum Gasteiger partial charge on any atom is -0.370 e. The molecule has 0 radical (unpaired) electrons. The van der Waals surface area contributed by atoms with Gasteiger partial charge in [0.05, 0.1) is 6.61 Å². The molecule has 4 heteroatoms. The van der Waals surface area contributed by atoms with Crippen molar-refractivity contribution in [2.45, 2.75) is 6.54 Å². The number of hydrogen-bond donors (Lipinski definition) is 0. The second kappa shape index (κ2) is 4.77. The maximum Gasteiger partial charge on any atom is 0.248 e. The van der Waals surface area contributed by atoms with Gasteiger partial charge in [-0.1, -0.05) is 34.1 Å². The third-order valence-electron chi connectivity index (χ3n) is 2.40. The molecule has 80 valence electrons. The lowest BCUT2D eigenvalue weighted by Gasteiger charge is -2.27. The zero-order chi connectivity index (χ0) is 10.7. The molecule has 2 rings (SSSR count). The zero-order valence-electron chi connectivity index (χ0n) is 8.28. The summed E-state index contributed by atoms with van der Waals surface area (Å²) in [6.45, 7) is 2.18. The molecule has 1 aliphatic rings. The molecule has 1 aromatic rings. The van der Waals surface area contributed by atoms with Gasteiger partial charge >= 0.3 is 0 Å². The number of nitrogens with zero attached hydrogens (tertiary/aromatic N) is 1. The van der Waals surface area contributed by atoms with Crippen LogP contribution in [0.1, 0.15) is 5.56 Å². The molecular weight excluding hydrogens is 258 g/mol. The van der Waals surface area contributed by atoms with E-state index in [0.717, 1.165) is 10.0 Å². The predicted molar refractivity (Wildman–Crippen MR) is 60.4 cm³/mol. The first-order chi connectivity index (χ1) is 7.27. The van der Waals surface area contributed by atoms with Crippen molar-refractivity contribution < 1.29 is 9.53 Å². The van der Waals surface area contributed by atoms with E-state index >= 15 is 0 Å². The maximum absolute atomic E-state index is 11.5. The molecule has 15 heavy (non-hydrogen) atoms. The van der Waals surface area contributed by atoms with Gasteiger partial charge in [0.2, 0.25) is 5.91 Å². The van der Waals surface area contributed by atoms with E-state index in [0.29, 0.717) is 19.7 Å². The summed E-state index contributed by atoms with van der Waals surface area (Å²) in [4.78, 5) is 13.3. The number of morpholine rings is 1.